The number of aryl methyl sites for hydroxylation is 1. The van der Waals surface area contributed by atoms with Crippen molar-refractivity contribution < 1.29 is 4.79 Å². The predicted molar refractivity (Wildman–Crippen MR) is 102 cm³/mol. The van der Waals surface area contributed by atoms with Gasteiger partial charge in [-0.3, -0.25) is 4.79 Å². The summed E-state index contributed by atoms with van der Waals surface area (Å²) in [6, 6.07) is 11.4. The third-order valence-corrected chi connectivity index (χ3v) is 6.23. The topological polar surface area (TPSA) is 41.5 Å². The largest absolute Gasteiger partial charge is 0.272 e. The van der Waals surface area contributed by atoms with Gasteiger partial charge in [0.1, 0.15) is 0 Å². The van der Waals surface area contributed by atoms with Crippen molar-refractivity contribution in [1.82, 2.24) is 5.43 Å². The highest BCUT2D eigenvalue weighted by Gasteiger charge is 2.27. The number of carbonyl (C=O) groups excluding carboxylic acids is 1. The van der Waals surface area contributed by atoms with E-state index in [0.717, 1.165) is 21.7 Å². The molecule has 1 heterocycles. The first kappa shape index (κ1) is 17.6. The van der Waals surface area contributed by atoms with E-state index in [1.54, 1.807) is 12.1 Å². The molecule has 0 bridgehead atoms. The van der Waals surface area contributed by atoms with Crippen LogP contribution in [0.4, 0.5) is 0 Å². The van der Waals surface area contributed by atoms with Gasteiger partial charge in [0.2, 0.25) is 0 Å². The van der Waals surface area contributed by atoms with Crippen molar-refractivity contribution in [3.63, 3.8) is 0 Å². The number of nitrogens with zero attached hydrogens (tertiary/aromatic N) is 1. The lowest BCUT2D eigenvalue weighted by molar-refractivity contribution is -0.120. The maximum absolute atomic E-state index is 12.2. The SMILES string of the molecule is Cc1ccccc1SC1CC(c2cc(Cl)c(Cl)c(Cl)c2)=NNC1=O. The summed E-state index contributed by atoms with van der Waals surface area (Å²) in [5.74, 6) is -0.113. The summed E-state index contributed by atoms with van der Waals surface area (Å²) >= 11 is 19.7. The summed E-state index contributed by atoms with van der Waals surface area (Å²) in [4.78, 5) is 13.2. The number of rotatable bonds is 3. The molecule has 7 heteroatoms. The standard InChI is InChI=1S/C17H13Cl3N2OS/c1-9-4-2-3-5-14(9)24-15-8-13(21-22-17(15)23)10-6-11(18)16(20)12(19)7-10/h2-7,15H,8H2,1H3,(H,22,23). The van der Waals surface area contributed by atoms with Gasteiger partial charge in [0.15, 0.2) is 0 Å². The fourth-order valence-electron chi connectivity index (χ4n) is 2.35. The number of hydrogen-bond acceptors (Lipinski definition) is 3. The molecule has 1 amide bonds. The number of carbonyl (C=O) groups is 1. The maximum atomic E-state index is 12.2. The number of hydrogen-bond donors (Lipinski definition) is 1. The van der Waals surface area contributed by atoms with Crippen LogP contribution >= 0.6 is 46.6 Å². The Hall–Kier alpha value is -1.20. The van der Waals surface area contributed by atoms with E-state index in [1.165, 1.54) is 11.8 Å². The molecule has 1 N–H and O–H groups in total. The molecule has 2 aromatic rings. The van der Waals surface area contributed by atoms with Crippen molar-refractivity contribution >= 4 is 58.2 Å². The fraction of sp³-hybridized carbons (Fsp3) is 0.176. The third-order valence-electron chi connectivity index (χ3n) is 3.65. The molecule has 0 saturated carbocycles. The quantitative estimate of drug-likeness (QED) is 0.708. The van der Waals surface area contributed by atoms with Crippen LogP contribution in [0, 0.1) is 6.92 Å². The summed E-state index contributed by atoms with van der Waals surface area (Å²) in [6.45, 7) is 2.02. The second kappa shape index (κ2) is 7.36. The Kier molecular flexibility index (Phi) is 5.40. The van der Waals surface area contributed by atoms with E-state index >= 15 is 0 Å². The average Bonchev–Trinajstić information content (AvgIpc) is 2.56. The highest BCUT2D eigenvalue weighted by molar-refractivity contribution is 8.00. The van der Waals surface area contributed by atoms with Gasteiger partial charge in [-0.25, -0.2) is 5.43 Å². The van der Waals surface area contributed by atoms with Crippen LogP contribution < -0.4 is 5.43 Å². The number of nitrogens with one attached hydrogen (secondary N) is 1. The molecular formula is C17H13Cl3N2OS. The monoisotopic (exact) mass is 398 g/mol. The van der Waals surface area contributed by atoms with E-state index in [4.69, 9.17) is 34.8 Å². The Morgan fingerprint density at radius 2 is 1.83 bits per heavy atom. The Labute approximate surface area is 159 Å². The van der Waals surface area contributed by atoms with E-state index in [9.17, 15) is 4.79 Å². The van der Waals surface area contributed by atoms with Crippen molar-refractivity contribution in [3.8, 4) is 0 Å². The van der Waals surface area contributed by atoms with Gasteiger partial charge in [0.25, 0.3) is 5.91 Å². The molecule has 124 valence electrons. The van der Waals surface area contributed by atoms with Crippen LogP contribution in [0.2, 0.25) is 15.1 Å². The van der Waals surface area contributed by atoms with Gasteiger partial charge in [0.05, 0.1) is 26.0 Å². The number of thioether (sulfide) groups is 1. The van der Waals surface area contributed by atoms with Crippen LogP contribution in [-0.2, 0) is 4.79 Å². The van der Waals surface area contributed by atoms with Crippen LogP contribution in [-0.4, -0.2) is 16.9 Å². The third kappa shape index (κ3) is 3.72. The van der Waals surface area contributed by atoms with Gasteiger partial charge in [-0.2, -0.15) is 5.10 Å². The number of benzene rings is 2. The minimum absolute atomic E-state index is 0.113. The van der Waals surface area contributed by atoms with E-state index in [0.29, 0.717) is 21.5 Å². The first-order chi connectivity index (χ1) is 11.5. The summed E-state index contributed by atoms with van der Waals surface area (Å²) < 4.78 is 0. The van der Waals surface area contributed by atoms with E-state index in [1.807, 2.05) is 31.2 Å². The van der Waals surface area contributed by atoms with E-state index in [-0.39, 0.29) is 11.2 Å². The smallest absolute Gasteiger partial charge is 0.253 e. The van der Waals surface area contributed by atoms with Crippen molar-refractivity contribution in [1.29, 1.82) is 0 Å². The Balaban J connectivity index is 1.85. The molecule has 0 saturated heterocycles. The Morgan fingerprint density at radius 1 is 1.17 bits per heavy atom. The summed E-state index contributed by atoms with van der Waals surface area (Å²) in [6.07, 6.45) is 0.485. The second-order valence-corrected chi connectivity index (χ2v) is 7.80. The molecule has 3 nitrogen and oxygen atoms in total. The van der Waals surface area contributed by atoms with Crippen molar-refractivity contribution in [3.05, 3.63) is 62.6 Å². The maximum Gasteiger partial charge on any atom is 0.253 e. The molecule has 0 spiro atoms. The molecule has 0 aliphatic carbocycles. The Morgan fingerprint density at radius 3 is 2.50 bits per heavy atom. The van der Waals surface area contributed by atoms with Crippen LogP contribution in [0.1, 0.15) is 17.5 Å². The first-order valence-corrected chi connectivity index (χ1v) is 9.20. The number of halogens is 3. The molecule has 2 aromatic carbocycles. The molecule has 1 atom stereocenters. The van der Waals surface area contributed by atoms with Crippen LogP contribution in [0.15, 0.2) is 46.4 Å². The lowest BCUT2D eigenvalue weighted by Gasteiger charge is -2.22. The van der Waals surface area contributed by atoms with Crippen LogP contribution in [0.25, 0.3) is 0 Å². The summed E-state index contributed by atoms with van der Waals surface area (Å²) in [5.41, 5.74) is 5.20. The minimum atomic E-state index is -0.271. The second-order valence-electron chi connectivity index (χ2n) is 5.36. The van der Waals surface area contributed by atoms with Crippen molar-refractivity contribution in [2.45, 2.75) is 23.5 Å². The molecule has 0 radical (unpaired) electrons. The van der Waals surface area contributed by atoms with E-state index < -0.39 is 0 Å². The molecule has 1 unspecified atom stereocenters. The normalized spacial score (nSPS) is 17.4. The lowest BCUT2D eigenvalue weighted by atomic mass is 10.0. The zero-order valence-electron chi connectivity index (χ0n) is 12.6. The fourth-order valence-corrected chi connectivity index (χ4v) is 4.06. The van der Waals surface area contributed by atoms with Gasteiger partial charge in [0, 0.05) is 16.9 Å². The van der Waals surface area contributed by atoms with Gasteiger partial charge in [-0.1, -0.05) is 53.0 Å². The first-order valence-electron chi connectivity index (χ1n) is 7.19. The van der Waals surface area contributed by atoms with Crippen molar-refractivity contribution in [2.24, 2.45) is 5.10 Å². The minimum Gasteiger partial charge on any atom is -0.272 e. The van der Waals surface area contributed by atoms with Gasteiger partial charge >= 0.3 is 0 Å². The number of amides is 1. The van der Waals surface area contributed by atoms with Gasteiger partial charge in [-0.05, 0) is 30.7 Å². The zero-order chi connectivity index (χ0) is 17.3. The molecule has 1 aliphatic heterocycles. The van der Waals surface area contributed by atoms with Gasteiger partial charge < -0.3 is 0 Å². The van der Waals surface area contributed by atoms with Crippen LogP contribution in [0.5, 0.6) is 0 Å². The molecule has 0 fully saturated rings. The summed E-state index contributed by atoms with van der Waals surface area (Å²) in [5, 5.41) is 4.92. The number of hydrazone groups is 1. The van der Waals surface area contributed by atoms with E-state index in [2.05, 4.69) is 10.5 Å². The lowest BCUT2D eigenvalue weighted by Crippen LogP contribution is -2.36. The molecule has 0 aromatic heterocycles. The zero-order valence-corrected chi connectivity index (χ0v) is 15.7. The molecule has 24 heavy (non-hydrogen) atoms. The van der Waals surface area contributed by atoms with Gasteiger partial charge in [-0.15, -0.1) is 11.8 Å². The average molecular weight is 400 g/mol. The van der Waals surface area contributed by atoms with Crippen LogP contribution in [0.3, 0.4) is 0 Å². The highest BCUT2D eigenvalue weighted by Crippen LogP contribution is 2.34. The molecule has 1 aliphatic rings. The Bertz CT molecular complexity index is 815. The molecule has 3 rings (SSSR count). The highest BCUT2D eigenvalue weighted by atomic mass is 35.5. The molecular weight excluding hydrogens is 387 g/mol. The predicted octanol–water partition coefficient (Wildman–Crippen LogP) is 5.34. The summed E-state index contributed by atoms with van der Waals surface area (Å²) in [7, 11) is 0. The van der Waals surface area contributed by atoms with Crippen molar-refractivity contribution in [2.75, 3.05) is 0 Å².